The highest BCUT2D eigenvalue weighted by atomic mass is 16.7. The molecular weight excluding hydrogens is 1090 g/mol. The van der Waals surface area contributed by atoms with Crippen molar-refractivity contribution in [3.8, 4) is 0 Å². The number of hydrogen-bond donors (Lipinski definition) is 6. The van der Waals surface area contributed by atoms with Crippen molar-refractivity contribution in [1.29, 1.82) is 0 Å². The number of rotatable bonds is 66. The first-order valence-electron chi connectivity index (χ1n) is 37.4. The summed E-state index contributed by atoms with van der Waals surface area (Å²) in [7, 11) is 0. The van der Waals surface area contributed by atoms with Crippen molar-refractivity contribution in [3.05, 3.63) is 48.6 Å². The van der Waals surface area contributed by atoms with Gasteiger partial charge in [0.25, 0.3) is 0 Å². The van der Waals surface area contributed by atoms with Gasteiger partial charge in [-0.15, -0.1) is 0 Å². The van der Waals surface area contributed by atoms with Crippen LogP contribution in [0.1, 0.15) is 361 Å². The van der Waals surface area contributed by atoms with Crippen LogP contribution in [0.4, 0.5) is 0 Å². The van der Waals surface area contributed by atoms with E-state index < -0.39 is 49.5 Å². The molecule has 87 heavy (non-hydrogen) atoms. The number of hydrogen-bond acceptors (Lipinski definition) is 10. The minimum Gasteiger partial charge on any atom is -0.466 e. The Labute approximate surface area is 536 Å². The van der Waals surface area contributed by atoms with Gasteiger partial charge in [-0.2, -0.15) is 0 Å². The molecule has 0 bridgehead atoms. The summed E-state index contributed by atoms with van der Waals surface area (Å²) in [5.74, 6) is -0.181. The van der Waals surface area contributed by atoms with Crippen molar-refractivity contribution in [2.24, 2.45) is 0 Å². The van der Waals surface area contributed by atoms with Crippen LogP contribution in [0.2, 0.25) is 0 Å². The predicted molar refractivity (Wildman–Crippen MR) is 366 cm³/mol. The number of nitrogens with one attached hydrogen (secondary N) is 1. The highest BCUT2D eigenvalue weighted by Crippen LogP contribution is 2.23. The number of allylic oxidation sites excluding steroid dienone is 7. The van der Waals surface area contributed by atoms with Gasteiger partial charge in [0.15, 0.2) is 6.29 Å². The lowest BCUT2D eigenvalue weighted by atomic mass is 9.99. The molecule has 510 valence electrons. The zero-order valence-electron chi connectivity index (χ0n) is 56.7. The molecule has 7 unspecified atom stereocenters. The Kier molecular flexibility index (Phi) is 61.9. The van der Waals surface area contributed by atoms with Gasteiger partial charge in [-0.05, 0) is 77.0 Å². The summed E-state index contributed by atoms with van der Waals surface area (Å²) < 4.78 is 16.7. The normalized spacial score (nSPS) is 18.1. The number of aliphatic hydroxyl groups is 5. The van der Waals surface area contributed by atoms with Gasteiger partial charge in [0, 0.05) is 12.8 Å². The van der Waals surface area contributed by atoms with Crippen LogP contribution in [0.3, 0.4) is 0 Å². The molecule has 1 aliphatic heterocycles. The minimum absolute atomic E-state index is 0.0109. The van der Waals surface area contributed by atoms with Gasteiger partial charge in [-0.3, -0.25) is 9.59 Å². The number of unbranched alkanes of at least 4 members (excludes halogenated alkanes) is 46. The second kappa shape index (κ2) is 65.1. The van der Waals surface area contributed by atoms with Crippen molar-refractivity contribution in [2.45, 2.75) is 403 Å². The maximum Gasteiger partial charge on any atom is 0.305 e. The van der Waals surface area contributed by atoms with Crippen LogP contribution in [-0.4, -0.2) is 100 Å². The van der Waals surface area contributed by atoms with Crippen LogP contribution in [0, 0.1) is 0 Å². The van der Waals surface area contributed by atoms with Gasteiger partial charge in [-0.1, -0.05) is 319 Å². The molecule has 6 N–H and O–H groups in total. The third kappa shape index (κ3) is 53.9. The van der Waals surface area contributed by atoms with E-state index in [1.165, 1.54) is 276 Å². The first kappa shape index (κ1) is 82.6. The summed E-state index contributed by atoms with van der Waals surface area (Å²) in [6.45, 7) is 4.31. The first-order chi connectivity index (χ1) is 42.7. The molecule has 11 heteroatoms. The standard InChI is InChI=1S/C76H141NO10/c1-3-5-7-9-11-13-14-15-16-34-38-41-44-48-52-56-60-64-72(81)85-65-61-57-53-49-45-42-39-36-33-31-29-27-25-23-21-19-17-18-20-22-24-26-28-30-32-35-37-40-43-47-51-55-59-63-71(80)77-68(69(79)62-58-54-50-46-12-10-8-6-4-2)67-86-76-75(84)74(83)73(82)70(66-78)87-76/h12,21,23,27,29,46,58,62,68-70,73-76,78-79,82-84H,3-11,13-20,22,24-26,28,30-45,47-57,59-61,63-67H2,1-2H3,(H,77,80)/b23-21-,29-27-,46-12+,62-58+. The molecule has 0 aromatic rings. The molecule has 0 radical (unpaired) electrons. The number of carbonyl (C=O) groups is 2. The number of amides is 1. The quantitative estimate of drug-likeness (QED) is 0.0195. The maximum atomic E-state index is 13.0. The van der Waals surface area contributed by atoms with Crippen LogP contribution < -0.4 is 5.32 Å². The molecule has 11 nitrogen and oxygen atoms in total. The third-order valence-electron chi connectivity index (χ3n) is 17.7. The average Bonchev–Trinajstić information content (AvgIpc) is 3.48. The lowest BCUT2D eigenvalue weighted by Gasteiger charge is -2.40. The second-order valence-electron chi connectivity index (χ2n) is 26.0. The topological polar surface area (TPSA) is 175 Å². The van der Waals surface area contributed by atoms with Crippen LogP contribution in [0.5, 0.6) is 0 Å². The highest BCUT2D eigenvalue weighted by molar-refractivity contribution is 5.76. The van der Waals surface area contributed by atoms with Crippen molar-refractivity contribution in [1.82, 2.24) is 5.32 Å². The third-order valence-corrected chi connectivity index (χ3v) is 17.7. The number of aliphatic hydroxyl groups excluding tert-OH is 5. The fourth-order valence-corrected chi connectivity index (χ4v) is 11.8. The summed E-state index contributed by atoms with van der Waals surface area (Å²) in [6, 6.07) is -0.825. The molecule has 0 saturated carbocycles. The van der Waals surface area contributed by atoms with E-state index in [9.17, 15) is 35.1 Å². The van der Waals surface area contributed by atoms with Crippen LogP contribution in [0.15, 0.2) is 48.6 Å². The van der Waals surface area contributed by atoms with E-state index in [0.717, 1.165) is 57.8 Å². The molecule has 0 aromatic carbocycles. The van der Waals surface area contributed by atoms with Gasteiger partial charge >= 0.3 is 5.97 Å². The summed E-state index contributed by atoms with van der Waals surface area (Å²) >= 11 is 0. The molecule has 1 rings (SSSR count). The van der Waals surface area contributed by atoms with Crippen LogP contribution >= 0.6 is 0 Å². The fraction of sp³-hybridized carbons (Fsp3) is 0.868. The van der Waals surface area contributed by atoms with E-state index in [0.29, 0.717) is 19.4 Å². The Hall–Kier alpha value is -2.38. The molecule has 7 atom stereocenters. The second-order valence-corrected chi connectivity index (χ2v) is 26.0. The largest absolute Gasteiger partial charge is 0.466 e. The minimum atomic E-state index is -1.58. The van der Waals surface area contributed by atoms with E-state index in [-0.39, 0.29) is 18.5 Å². The molecule has 1 saturated heterocycles. The maximum absolute atomic E-state index is 13.0. The number of esters is 1. The van der Waals surface area contributed by atoms with Crippen molar-refractivity contribution < 1.29 is 49.3 Å². The summed E-state index contributed by atoms with van der Waals surface area (Å²) in [6.07, 6.45) is 75.8. The molecule has 1 heterocycles. The Balaban J connectivity index is 1.89. The van der Waals surface area contributed by atoms with Crippen LogP contribution in [0.25, 0.3) is 0 Å². The van der Waals surface area contributed by atoms with Crippen molar-refractivity contribution in [3.63, 3.8) is 0 Å². The molecule has 1 amide bonds. The van der Waals surface area contributed by atoms with Gasteiger partial charge in [0.1, 0.15) is 24.4 Å². The van der Waals surface area contributed by atoms with Crippen molar-refractivity contribution in [2.75, 3.05) is 19.8 Å². The molecule has 0 aromatic heterocycles. The SMILES string of the molecule is CCCCC/C=C/CC/C=C/C(O)C(COC1OC(CO)C(O)C(O)C1O)NC(=O)CCCCCCCCCCCCCCCCCCC/C=C\C/C=C\CCCCCCCCCCCOC(=O)CCCCCCCCCCCCCCCCCCC. The Morgan fingerprint density at radius 2 is 0.782 bits per heavy atom. The lowest BCUT2D eigenvalue weighted by Crippen LogP contribution is -2.60. The van der Waals surface area contributed by atoms with Gasteiger partial charge < -0.3 is 45.1 Å². The Morgan fingerprint density at radius 1 is 0.425 bits per heavy atom. The zero-order valence-corrected chi connectivity index (χ0v) is 56.7. The number of carbonyl (C=O) groups excluding carboxylic acids is 2. The first-order valence-corrected chi connectivity index (χ1v) is 37.4. The summed E-state index contributed by atoms with van der Waals surface area (Å²) in [5.41, 5.74) is 0. The van der Waals surface area contributed by atoms with Gasteiger partial charge in [0.05, 0.1) is 32.0 Å². The molecule has 0 spiro atoms. The van der Waals surface area contributed by atoms with Crippen LogP contribution in [-0.2, 0) is 23.8 Å². The van der Waals surface area contributed by atoms with E-state index in [1.807, 2.05) is 6.08 Å². The lowest BCUT2D eigenvalue weighted by molar-refractivity contribution is -0.302. The summed E-state index contributed by atoms with van der Waals surface area (Å²) in [4.78, 5) is 25.1. The van der Waals surface area contributed by atoms with E-state index in [1.54, 1.807) is 6.08 Å². The molecule has 1 fully saturated rings. The average molecular weight is 1230 g/mol. The van der Waals surface area contributed by atoms with Gasteiger partial charge in [-0.25, -0.2) is 0 Å². The number of ether oxygens (including phenoxy) is 3. The van der Waals surface area contributed by atoms with E-state index >= 15 is 0 Å². The molecule has 1 aliphatic rings. The smallest absolute Gasteiger partial charge is 0.305 e. The van der Waals surface area contributed by atoms with E-state index in [4.69, 9.17) is 14.2 Å². The molecule has 0 aliphatic carbocycles. The highest BCUT2D eigenvalue weighted by Gasteiger charge is 2.44. The Morgan fingerprint density at radius 3 is 1.23 bits per heavy atom. The fourth-order valence-electron chi connectivity index (χ4n) is 11.8. The monoisotopic (exact) mass is 1230 g/mol. The predicted octanol–water partition coefficient (Wildman–Crippen LogP) is 19.5. The van der Waals surface area contributed by atoms with Crippen molar-refractivity contribution >= 4 is 11.9 Å². The Bertz CT molecular complexity index is 1580. The van der Waals surface area contributed by atoms with E-state index in [2.05, 4.69) is 55.6 Å². The summed E-state index contributed by atoms with van der Waals surface area (Å²) in [5, 5.41) is 54.3. The molecular formula is C76H141NO10. The van der Waals surface area contributed by atoms with Gasteiger partial charge in [0.2, 0.25) is 5.91 Å². The zero-order chi connectivity index (χ0) is 63.0.